The Labute approximate surface area is 116 Å². The molecule has 0 bridgehead atoms. The van der Waals surface area contributed by atoms with Gasteiger partial charge >= 0.3 is 0 Å². The highest BCUT2D eigenvalue weighted by Crippen LogP contribution is 2.24. The molecule has 1 aromatic carbocycles. The van der Waals surface area contributed by atoms with Crippen molar-refractivity contribution in [3.05, 3.63) is 28.7 Å². The van der Waals surface area contributed by atoms with Crippen molar-refractivity contribution in [2.24, 2.45) is 5.92 Å². The normalized spacial score (nSPS) is 16.7. The molecule has 0 unspecified atom stereocenters. The van der Waals surface area contributed by atoms with Gasteiger partial charge in [0.05, 0.1) is 4.47 Å². The summed E-state index contributed by atoms with van der Waals surface area (Å²) in [6.07, 6.45) is 2.20. The van der Waals surface area contributed by atoms with Crippen LogP contribution >= 0.6 is 15.9 Å². The van der Waals surface area contributed by atoms with Crippen molar-refractivity contribution in [3.63, 3.8) is 0 Å². The van der Waals surface area contributed by atoms with Crippen molar-refractivity contribution < 1.29 is 9.53 Å². The Morgan fingerprint density at radius 1 is 1.39 bits per heavy atom. The van der Waals surface area contributed by atoms with E-state index in [4.69, 9.17) is 4.74 Å². The van der Waals surface area contributed by atoms with Crippen molar-refractivity contribution in [1.82, 2.24) is 4.90 Å². The number of amides is 1. The molecule has 1 fully saturated rings. The van der Waals surface area contributed by atoms with E-state index in [1.807, 2.05) is 29.2 Å². The van der Waals surface area contributed by atoms with Crippen LogP contribution < -0.4 is 4.74 Å². The molecule has 0 radical (unpaired) electrons. The first kappa shape index (κ1) is 13.4. The van der Waals surface area contributed by atoms with Crippen LogP contribution in [-0.4, -0.2) is 30.5 Å². The minimum absolute atomic E-state index is 0.0812. The van der Waals surface area contributed by atoms with Crippen LogP contribution in [0.1, 0.15) is 19.8 Å². The number of carbonyl (C=O) groups excluding carboxylic acids is 1. The zero-order valence-electron chi connectivity index (χ0n) is 10.6. The number of likely N-dealkylation sites (tertiary alicyclic amines) is 1. The van der Waals surface area contributed by atoms with Crippen LogP contribution in [0.25, 0.3) is 0 Å². The zero-order chi connectivity index (χ0) is 13.0. The number of rotatable bonds is 3. The number of ether oxygens (including phenoxy) is 1. The predicted octanol–water partition coefficient (Wildman–Crippen LogP) is 3.09. The molecule has 0 N–H and O–H groups in total. The maximum Gasteiger partial charge on any atom is 0.260 e. The number of carbonyl (C=O) groups is 1. The summed E-state index contributed by atoms with van der Waals surface area (Å²) >= 11 is 3.40. The molecule has 0 spiro atoms. The quantitative estimate of drug-likeness (QED) is 0.858. The molecule has 1 aliphatic heterocycles. The third kappa shape index (κ3) is 3.48. The average Bonchev–Trinajstić information content (AvgIpc) is 2.38. The topological polar surface area (TPSA) is 29.5 Å². The standard InChI is InChI=1S/C14H18BrNO2/c1-11-6-8-16(9-7-11)14(17)10-18-13-5-3-2-4-12(13)15/h2-5,11H,6-10H2,1H3. The molecule has 2 rings (SSSR count). The largest absolute Gasteiger partial charge is 0.483 e. The number of hydrogen-bond acceptors (Lipinski definition) is 2. The van der Waals surface area contributed by atoms with Crippen LogP contribution in [-0.2, 0) is 4.79 Å². The summed E-state index contributed by atoms with van der Waals surface area (Å²) in [5.74, 6) is 1.53. The average molecular weight is 312 g/mol. The van der Waals surface area contributed by atoms with Gasteiger partial charge in [0.25, 0.3) is 5.91 Å². The molecule has 1 saturated heterocycles. The monoisotopic (exact) mass is 311 g/mol. The lowest BCUT2D eigenvalue weighted by Crippen LogP contribution is -2.40. The van der Waals surface area contributed by atoms with Crippen LogP contribution in [0.2, 0.25) is 0 Å². The molecule has 4 heteroatoms. The third-order valence-electron chi connectivity index (χ3n) is 3.32. The van der Waals surface area contributed by atoms with Crippen molar-refractivity contribution in [1.29, 1.82) is 0 Å². The Kier molecular flexibility index (Phi) is 4.64. The number of piperidine rings is 1. The number of halogens is 1. The fourth-order valence-corrected chi connectivity index (χ4v) is 2.45. The Morgan fingerprint density at radius 2 is 2.06 bits per heavy atom. The van der Waals surface area contributed by atoms with Gasteiger partial charge in [0.15, 0.2) is 6.61 Å². The molecule has 3 nitrogen and oxygen atoms in total. The molecule has 0 atom stereocenters. The van der Waals surface area contributed by atoms with Gasteiger partial charge in [-0.1, -0.05) is 19.1 Å². The van der Waals surface area contributed by atoms with E-state index in [1.165, 1.54) is 0 Å². The lowest BCUT2D eigenvalue weighted by Gasteiger charge is -2.30. The Morgan fingerprint density at radius 3 is 2.72 bits per heavy atom. The smallest absolute Gasteiger partial charge is 0.260 e. The second kappa shape index (κ2) is 6.23. The highest BCUT2D eigenvalue weighted by atomic mass is 79.9. The summed E-state index contributed by atoms with van der Waals surface area (Å²) in [6, 6.07) is 7.58. The summed E-state index contributed by atoms with van der Waals surface area (Å²) in [6.45, 7) is 4.08. The summed E-state index contributed by atoms with van der Waals surface area (Å²) in [5, 5.41) is 0. The van der Waals surface area contributed by atoms with E-state index in [9.17, 15) is 4.79 Å². The molecule has 18 heavy (non-hydrogen) atoms. The third-order valence-corrected chi connectivity index (χ3v) is 3.98. The van der Waals surface area contributed by atoms with Gasteiger partial charge in [-0.2, -0.15) is 0 Å². The fraction of sp³-hybridized carbons (Fsp3) is 0.500. The van der Waals surface area contributed by atoms with E-state index in [0.29, 0.717) is 0 Å². The summed E-state index contributed by atoms with van der Waals surface area (Å²) < 4.78 is 6.42. The molecule has 1 aliphatic rings. The lowest BCUT2D eigenvalue weighted by atomic mass is 9.99. The minimum atomic E-state index is 0.0812. The van der Waals surface area contributed by atoms with Gasteiger partial charge < -0.3 is 9.64 Å². The molecule has 0 aliphatic carbocycles. The van der Waals surface area contributed by atoms with E-state index < -0.39 is 0 Å². The predicted molar refractivity (Wildman–Crippen MR) is 74.6 cm³/mol. The van der Waals surface area contributed by atoms with Crippen LogP contribution in [0.4, 0.5) is 0 Å². The first-order valence-corrected chi connectivity index (χ1v) is 7.11. The first-order valence-electron chi connectivity index (χ1n) is 6.32. The van der Waals surface area contributed by atoms with Crippen LogP contribution in [0.5, 0.6) is 5.75 Å². The Balaban J connectivity index is 1.83. The maximum absolute atomic E-state index is 12.0. The molecule has 1 aromatic rings. The van der Waals surface area contributed by atoms with E-state index in [-0.39, 0.29) is 12.5 Å². The highest BCUT2D eigenvalue weighted by molar-refractivity contribution is 9.10. The second-order valence-corrected chi connectivity index (χ2v) is 5.64. The Bertz CT molecular complexity index is 414. The van der Waals surface area contributed by atoms with Crippen LogP contribution in [0, 0.1) is 5.92 Å². The molecule has 1 heterocycles. The van der Waals surface area contributed by atoms with Gasteiger partial charge in [0.2, 0.25) is 0 Å². The highest BCUT2D eigenvalue weighted by Gasteiger charge is 2.20. The maximum atomic E-state index is 12.0. The molecule has 0 aromatic heterocycles. The van der Waals surface area contributed by atoms with Crippen molar-refractivity contribution in [3.8, 4) is 5.75 Å². The van der Waals surface area contributed by atoms with Gasteiger partial charge in [-0.05, 0) is 46.8 Å². The molecule has 98 valence electrons. The molecule has 0 saturated carbocycles. The van der Waals surface area contributed by atoms with E-state index in [2.05, 4.69) is 22.9 Å². The van der Waals surface area contributed by atoms with E-state index >= 15 is 0 Å². The lowest BCUT2D eigenvalue weighted by molar-refractivity contribution is -0.134. The number of benzene rings is 1. The van der Waals surface area contributed by atoms with Gasteiger partial charge in [-0.3, -0.25) is 4.79 Å². The molecular formula is C14H18BrNO2. The zero-order valence-corrected chi connectivity index (χ0v) is 12.1. The van der Waals surface area contributed by atoms with Crippen LogP contribution in [0.15, 0.2) is 28.7 Å². The first-order chi connectivity index (χ1) is 8.66. The number of hydrogen-bond donors (Lipinski definition) is 0. The van der Waals surface area contributed by atoms with Gasteiger partial charge in [-0.15, -0.1) is 0 Å². The fourth-order valence-electron chi connectivity index (χ4n) is 2.05. The van der Waals surface area contributed by atoms with Crippen molar-refractivity contribution in [2.45, 2.75) is 19.8 Å². The Hall–Kier alpha value is -1.03. The number of para-hydroxylation sites is 1. The van der Waals surface area contributed by atoms with E-state index in [0.717, 1.165) is 42.1 Å². The van der Waals surface area contributed by atoms with Crippen molar-refractivity contribution >= 4 is 21.8 Å². The van der Waals surface area contributed by atoms with E-state index in [1.54, 1.807) is 0 Å². The van der Waals surface area contributed by atoms with Crippen LogP contribution in [0.3, 0.4) is 0 Å². The van der Waals surface area contributed by atoms with Gasteiger partial charge in [0.1, 0.15) is 5.75 Å². The second-order valence-electron chi connectivity index (χ2n) is 4.78. The number of nitrogens with zero attached hydrogens (tertiary/aromatic N) is 1. The summed E-state index contributed by atoms with van der Waals surface area (Å²) in [4.78, 5) is 13.9. The molecular weight excluding hydrogens is 294 g/mol. The van der Waals surface area contributed by atoms with Gasteiger partial charge in [-0.25, -0.2) is 0 Å². The minimum Gasteiger partial charge on any atom is -0.483 e. The van der Waals surface area contributed by atoms with Crippen molar-refractivity contribution in [2.75, 3.05) is 19.7 Å². The SMILES string of the molecule is CC1CCN(C(=O)COc2ccccc2Br)CC1. The molecule has 1 amide bonds. The van der Waals surface area contributed by atoms with Gasteiger partial charge in [0, 0.05) is 13.1 Å². The summed E-state index contributed by atoms with van der Waals surface area (Å²) in [7, 11) is 0. The summed E-state index contributed by atoms with van der Waals surface area (Å²) in [5.41, 5.74) is 0.